The molecule has 1 aromatic rings. The highest BCUT2D eigenvalue weighted by Crippen LogP contribution is 2.26. The molecule has 2 heterocycles. The van der Waals surface area contributed by atoms with E-state index in [-0.39, 0.29) is 5.41 Å². The SMILES string of the molecule is CC(C)(C)CC(=O)N1CCC(N2CCc3ccccc3C2)C1. The molecule has 0 aliphatic carbocycles. The molecular formula is C19H28N2O. The summed E-state index contributed by atoms with van der Waals surface area (Å²) in [5.41, 5.74) is 3.05. The quantitative estimate of drug-likeness (QED) is 0.838. The Labute approximate surface area is 134 Å². The van der Waals surface area contributed by atoms with Crippen LogP contribution in [0.25, 0.3) is 0 Å². The molecule has 3 rings (SSSR count). The maximum atomic E-state index is 12.4. The van der Waals surface area contributed by atoms with Crippen LogP contribution in [-0.2, 0) is 17.8 Å². The molecule has 0 radical (unpaired) electrons. The molecule has 22 heavy (non-hydrogen) atoms. The van der Waals surface area contributed by atoms with Crippen LogP contribution in [0.15, 0.2) is 24.3 Å². The van der Waals surface area contributed by atoms with Gasteiger partial charge in [-0.25, -0.2) is 0 Å². The van der Waals surface area contributed by atoms with Gasteiger partial charge in [-0.05, 0) is 29.4 Å². The van der Waals surface area contributed by atoms with E-state index in [4.69, 9.17) is 0 Å². The minimum Gasteiger partial charge on any atom is -0.341 e. The largest absolute Gasteiger partial charge is 0.341 e. The van der Waals surface area contributed by atoms with Gasteiger partial charge in [-0.1, -0.05) is 45.0 Å². The van der Waals surface area contributed by atoms with Crippen molar-refractivity contribution < 1.29 is 4.79 Å². The number of rotatable bonds is 2. The Morgan fingerprint density at radius 1 is 1.18 bits per heavy atom. The molecule has 3 heteroatoms. The van der Waals surface area contributed by atoms with Gasteiger partial charge in [0.2, 0.25) is 5.91 Å². The van der Waals surface area contributed by atoms with Gasteiger partial charge >= 0.3 is 0 Å². The van der Waals surface area contributed by atoms with Crippen molar-refractivity contribution >= 4 is 5.91 Å². The molecule has 0 aromatic heterocycles. The van der Waals surface area contributed by atoms with Crippen molar-refractivity contribution in [2.75, 3.05) is 19.6 Å². The Bertz CT molecular complexity index is 547. The second-order valence-corrected chi connectivity index (χ2v) is 8.01. The minimum absolute atomic E-state index is 0.0826. The summed E-state index contributed by atoms with van der Waals surface area (Å²) in [6.07, 6.45) is 2.92. The highest BCUT2D eigenvalue weighted by molar-refractivity contribution is 5.77. The van der Waals surface area contributed by atoms with E-state index in [0.29, 0.717) is 18.4 Å². The van der Waals surface area contributed by atoms with Gasteiger partial charge in [0.15, 0.2) is 0 Å². The van der Waals surface area contributed by atoms with Gasteiger partial charge in [0.05, 0.1) is 0 Å². The van der Waals surface area contributed by atoms with E-state index in [9.17, 15) is 4.79 Å². The molecule has 0 N–H and O–H groups in total. The number of carbonyl (C=O) groups excluding carboxylic acids is 1. The van der Waals surface area contributed by atoms with E-state index in [2.05, 4.69) is 54.8 Å². The van der Waals surface area contributed by atoms with Crippen LogP contribution in [0.4, 0.5) is 0 Å². The van der Waals surface area contributed by atoms with E-state index in [1.807, 2.05) is 0 Å². The molecule has 1 fully saturated rings. The van der Waals surface area contributed by atoms with Crippen molar-refractivity contribution in [1.29, 1.82) is 0 Å². The van der Waals surface area contributed by atoms with Crippen LogP contribution < -0.4 is 0 Å². The van der Waals surface area contributed by atoms with Gasteiger partial charge in [-0.3, -0.25) is 9.69 Å². The summed E-state index contributed by atoms with van der Waals surface area (Å²) in [4.78, 5) is 17.1. The second-order valence-electron chi connectivity index (χ2n) is 8.01. The van der Waals surface area contributed by atoms with Crippen LogP contribution in [0.2, 0.25) is 0 Å². The number of hydrogen-bond acceptors (Lipinski definition) is 2. The van der Waals surface area contributed by atoms with E-state index in [0.717, 1.165) is 39.0 Å². The van der Waals surface area contributed by atoms with Crippen LogP contribution in [-0.4, -0.2) is 41.4 Å². The first-order valence-electron chi connectivity index (χ1n) is 8.51. The molecule has 0 spiro atoms. The molecule has 1 amide bonds. The van der Waals surface area contributed by atoms with Crippen molar-refractivity contribution in [3.8, 4) is 0 Å². The van der Waals surface area contributed by atoms with Crippen molar-refractivity contribution in [3.05, 3.63) is 35.4 Å². The molecule has 0 bridgehead atoms. The average molecular weight is 300 g/mol. The van der Waals surface area contributed by atoms with Gasteiger partial charge in [-0.15, -0.1) is 0 Å². The molecule has 1 aromatic carbocycles. The zero-order chi connectivity index (χ0) is 15.7. The fraction of sp³-hybridized carbons (Fsp3) is 0.632. The van der Waals surface area contributed by atoms with Crippen molar-refractivity contribution in [2.45, 2.75) is 52.6 Å². The van der Waals surface area contributed by atoms with Gasteiger partial charge < -0.3 is 4.90 Å². The maximum Gasteiger partial charge on any atom is 0.223 e. The molecule has 2 aliphatic heterocycles. The summed E-state index contributed by atoms with van der Waals surface area (Å²) in [6, 6.07) is 9.31. The smallest absolute Gasteiger partial charge is 0.223 e. The molecule has 3 nitrogen and oxygen atoms in total. The Morgan fingerprint density at radius 2 is 1.91 bits per heavy atom. The van der Waals surface area contributed by atoms with Crippen LogP contribution in [0, 0.1) is 5.41 Å². The molecular weight excluding hydrogens is 272 g/mol. The molecule has 1 saturated heterocycles. The van der Waals surface area contributed by atoms with E-state index in [1.165, 1.54) is 11.1 Å². The fourth-order valence-corrected chi connectivity index (χ4v) is 3.66. The third kappa shape index (κ3) is 3.52. The van der Waals surface area contributed by atoms with Crippen molar-refractivity contribution in [1.82, 2.24) is 9.80 Å². The number of likely N-dealkylation sites (tertiary alicyclic amines) is 1. The summed E-state index contributed by atoms with van der Waals surface area (Å²) < 4.78 is 0. The topological polar surface area (TPSA) is 23.6 Å². The molecule has 1 atom stereocenters. The number of fused-ring (bicyclic) bond motifs is 1. The lowest BCUT2D eigenvalue weighted by molar-refractivity contribution is -0.132. The predicted molar refractivity (Wildman–Crippen MR) is 89.6 cm³/mol. The van der Waals surface area contributed by atoms with E-state index in [1.54, 1.807) is 0 Å². The van der Waals surface area contributed by atoms with E-state index < -0.39 is 0 Å². The summed E-state index contributed by atoms with van der Waals surface area (Å²) >= 11 is 0. The molecule has 2 aliphatic rings. The van der Waals surface area contributed by atoms with Crippen molar-refractivity contribution in [3.63, 3.8) is 0 Å². The first kappa shape index (κ1) is 15.5. The summed E-state index contributed by atoms with van der Waals surface area (Å²) in [5, 5.41) is 0. The normalized spacial score (nSPS) is 22.7. The monoisotopic (exact) mass is 300 g/mol. The second kappa shape index (κ2) is 6.04. The number of carbonyl (C=O) groups is 1. The van der Waals surface area contributed by atoms with Crippen LogP contribution >= 0.6 is 0 Å². The number of hydrogen-bond donors (Lipinski definition) is 0. The zero-order valence-electron chi connectivity index (χ0n) is 14.1. The summed E-state index contributed by atoms with van der Waals surface area (Å²) in [5.74, 6) is 0.326. The molecule has 0 saturated carbocycles. The van der Waals surface area contributed by atoms with Gasteiger partial charge in [0.1, 0.15) is 0 Å². The zero-order valence-corrected chi connectivity index (χ0v) is 14.1. The van der Waals surface area contributed by atoms with Crippen LogP contribution in [0.5, 0.6) is 0 Å². The van der Waals surface area contributed by atoms with Crippen molar-refractivity contribution in [2.24, 2.45) is 5.41 Å². The Balaban J connectivity index is 1.59. The van der Waals surface area contributed by atoms with Gasteiger partial charge in [0, 0.05) is 38.6 Å². The number of amides is 1. The number of benzene rings is 1. The summed E-state index contributed by atoms with van der Waals surface area (Å²) in [7, 11) is 0. The Hall–Kier alpha value is -1.35. The molecule has 1 unspecified atom stereocenters. The maximum absolute atomic E-state index is 12.4. The standard InChI is InChI=1S/C19H28N2O/c1-19(2,3)12-18(22)21-11-9-17(14-21)20-10-8-15-6-4-5-7-16(15)13-20/h4-7,17H,8-14H2,1-3H3. The van der Waals surface area contributed by atoms with Crippen LogP contribution in [0.3, 0.4) is 0 Å². The highest BCUT2D eigenvalue weighted by atomic mass is 16.2. The third-order valence-electron chi connectivity index (χ3n) is 4.87. The summed E-state index contributed by atoms with van der Waals surface area (Å²) in [6.45, 7) is 10.4. The third-order valence-corrected chi connectivity index (χ3v) is 4.87. The van der Waals surface area contributed by atoms with Gasteiger partial charge in [-0.2, -0.15) is 0 Å². The minimum atomic E-state index is 0.0826. The first-order valence-corrected chi connectivity index (χ1v) is 8.51. The lowest BCUT2D eigenvalue weighted by atomic mass is 9.92. The number of nitrogens with zero attached hydrogens (tertiary/aromatic N) is 2. The van der Waals surface area contributed by atoms with Crippen LogP contribution in [0.1, 0.15) is 44.7 Å². The predicted octanol–water partition coefficient (Wildman–Crippen LogP) is 3.08. The lowest BCUT2D eigenvalue weighted by Gasteiger charge is -2.33. The van der Waals surface area contributed by atoms with E-state index >= 15 is 0 Å². The van der Waals surface area contributed by atoms with Gasteiger partial charge in [0.25, 0.3) is 0 Å². The molecule has 120 valence electrons. The Morgan fingerprint density at radius 3 is 2.64 bits per heavy atom. The average Bonchev–Trinajstić information content (AvgIpc) is 2.95. The highest BCUT2D eigenvalue weighted by Gasteiger charge is 2.32. The first-order chi connectivity index (χ1) is 10.4. The lowest BCUT2D eigenvalue weighted by Crippen LogP contribution is -2.42. The fourth-order valence-electron chi connectivity index (χ4n) is 3.66. The Kier molecular flexibility index (Phi) is 4.26.